The third kappa shape index (κ3) is 4.33. The van der Waals surface area contributed by atoms with Crippen molar-refractivity contribution in [2.24, 2.45) is 0 Å². The van der Waals surface area contributed by atoms with Crippen molar-refractivity contribution >= 4 is 11.7 Å². The van der Waals surface area contributed by atoms with Crippen LogP contribution in [0.4, 0.5) is 5.82 Å². The minimum atomic E-state index is -0.288. The van der Waals surface area contributed by atoms with Gasteiger partial charge < -0.3 is 10.6 Å². The number of carbonyl (C=O) groups excluding carboxylic acids is 1. The number of pyridine rings is 2. The van der Waals surface area contributed by atoms with Crippen molar-refractivity contribution in [3.63, 3.8) is 0 Å². The van der Waals surface area contributed by atoms with Gasteiger partial charge in [-0.05, 0) is 36.4 Å². The lowest BCUT2D eigenvalue weighted by atomic mass is 10.3. The second-order valence-corrected chi connectivity index (χ2v) is 4.98. The Morgan fingerprint density at radius 3 is 2.12 bits per heavy atom. The first-order valence-electron chi connectivity index (χ1n) is 7.47. The molecule has 3 aromatic heterocycles. The molecule has 0 aliphatic carbocycles. The molecule has 0 aliphatic heterocycles. The second-order valence-electron chi connectivity index (χ2n) is 4.98. The van der Waals surface area contributed by atoms with Gasteiger partial charge in [-0.3, -0.25) is 14.8 Å². The average Bonchev–Trinajstić information content (AvgIpc) is 2.66. The Hall–Kier alpha value is -3.35. The summed E-state index contributed by atoms with van der Waals surface area (Å²) >= 11 is 0. The van der Waals surface area contributed by atoms with Gasteiger partial charge >= 0.3 is 0 Å². The number of hydrogen-bond donors (Lipinski definition) is 2. The summed E-state index contributed by atoms with van der Waals surface area (Å²) in [6.45, 7) is 0.891. The van der Waals surface area contributed by atoms with Crippen LogP contribution in [-0.4, -0.2) is 26.1 Å². The molecule has 120 valence electrons. The molecule has 24 heavy (non-hydrogen) atoms. The number of anilines is 1. The number of carbonyl (C=O) groups is 1. The van der Waals surface area contributed by atoms with Gasteiger partial charge in [0.2, 0.25) is 0 Å². The Morgan fingerprint density at radius 1 is 0.833 bits per heavy atom. The molecule has 0 unspecified atom stereocenters. The summed E-state index contributed by atoms with van der Waals surface area (Å²) in [5.74, 6) is 0.298. The van der Waals surface area contributed by atoms with E-state index in [0.717, 1.165) is 11.4 Å². The van der Waals surface area contributed by atoms with Crippen LogP contribution >= 0.6 is 0 Å². The SMILES string of the molecule is O=C(NCc1ccccn1)c1ccc(NCc2ccccn2)nn1. The van der Waals surface area contributed by atoms with Crippen LogP contribution in [0.2, 0.25) is 0 Å². The van der Waals surface area contributed by atoms with E-state index in [1.807, 2.05) is 36.4 Å². The molecule has 0 saturated carbocycles. The zero-order chi connectivity index (χ0) is 16.6. The smallest absolute Gasteiger partial charge is 0.272 e. The highest BCUT2D eigenvalue weighted by Crippen LogP contribution is 2.04. The summed E-state index contributed by atoms with van der Waals surface area (Å²) in [6.07, 6.45) is 3.42. The van der Waals surface area contributed by atoms with Crippen molar-refractivity contribution in [1.29, 1.82) is 0 Å². The average molecular weight is 320 g/mol. The summed E-state index contributed by atoms with van der Waals surface area (Å²) in [6, 6.07) is 14.6. The summed E-state index contributed by atoms with van der Waals surface area (Å²) in [4.78, 5) is 20.4. The fraction of sp³-hybridized carbons (Fsp3) is 0.118. The zero-order valence-electron chi connectivity index (χ0n) is 12.9. The van der Waals surface area contributed by atoms with Crippen LogP contribution in [0, 0.1) is 0 Å². The van der Waals surface area contributed by atoms with Crippen LogP contribution in [0.5, 0.6) is 0 Å². The standard InChI is InChI=1S/C17H16N6O/c24-17(21-12-14-6-2-4-10-19-14)15-7-8-16(23-22-15)20-11-13-5-1-3-9-18-13/h1-10H,11-12H2,(H,20,23)(H,21,24). The maximum atomic E-state index is 12.0. The summed E-state index contributed by atoms with van der Waals surface area (Å²) in [5, 5.41) is 13.8. The highest BCUT2D eigenvalue weighted by atomic mass is 16.1. The van der Waals surface area contributed by atoms with Gasteiger partial charge in [0.1, 0.15) is 5.82 Å². The molecule has 3 heterocycles. The van der Waals surface area contributed by atoms with E-state index in [-0.39, 0.29) is 11.6 Å². The molecule has 0 aliphatic rings. The van der Waals surface area contributed by atoms with Crippen molar-refractivity contribution in [3.8, 4) is 0 Å². The van der Waals surface area contributed by atoms with Gasteiger partial charge in [-0.1, -0.05) is 12.1 Å². The van der Waals surface area contributed by atoms with Crippen molar-refractivity contribution in [1.82, 2.24) is 25.5 Å². The van der Waals surface area contributed by atoms with Crippen LogP contribution in [0.1, 0.15) is 21.9 Å². The highest BCUT2D eigenvalue weighted by molar-refractivity contribution is 5.92. The van der Waals surface area contributed by atoms with Gasteiger partial charge in [-0.15, -0.1) is 10.2 Å². The molecule has 0 saturated heterocycles. The Labute approximate surface area is 139 Å². The van der Waals surface area contributed by atoms with Crippen LogP contribution in [-0.2, 0) is 13.1 Å². The molecule has 0 spiro atoms. The predicted molar refractivity (Wildman–Crippen MR) is 89.0 cm³/mol. The van der Waals surface area contributed by atoms with Gasteiger partial charge in [0.05, 0.1) is 24.5 Å². The van der Waals surface area contributed by atoms with Gasteiger partial charge in [0.25, 0.3) is 5.91 Å². The number of hydrogen-bond acceptors (Lipinski definition) is 6. The summed E-state index contributed by atoms with van der Waals surface area (Å²) < 4.78 is 0. The van der Waals surface area contributed by atoms with Crippen LogP contribution in [0.3, 0.4) is 0 Å². The Morgan fingerprint density at radius 2 is 1.54 bits per heavy atom. The minimum absolute atomic E-state index is 0.259. The van der Waals surface area contributed by atoms with E-state index >= 15 is 0 Å². The van der Waals surface area contributed by atoms with Crippen molar-refractivity contribution in [3.05, 3.63) is 78.0 Å². The maximum absolute atomic E-state index is 12.0. The van der Waals surface area contributed by atoms with E-state index in [1.54, 1.807) is 24.5 Å². The first-order chi connectivity index (χ1) is 11.8. The minimum Gasteiger partial charge on any atom is -0.363 e. The summed E-state index contributed by atoms with van der Waals surface area (Å²) in [7, 11) is 0. The van der Waals surface area contributed by atoms with Gasteiger partial charge in [0, 0.05) is 12.4 Å². The molecule has 0 aromatic carbocycles. The number of nitrogens with zero attached hydrogens (tertiary/aromatic N) is 4. The fourth-order valence-electron chi connectivity index (χ4n) is 2.00. The van der Waals surface area contributed by atoms with E-state index in [4.69, 9.17) is 0 Å². The monoisotopic (exact) mass is 320 g/mol. The van der Waals surface area contributed by atoms with E-state index in [9.17, 15) is 4.79 Å². The quantitative estimate of drug-likeness (QED) is 0.719. The van der Waals surface area contributed by atoms with Gasteiger partial charge in [-0.25, -0.2) is 0 Å². The lowest BCUT2D eigenvalue weighted by Crippen LogP contribution is -2.24. The van der Waals surface area contributed by atoms with Crippen LogP contribution in [0.25, 0.3) is 0 Å². The lowest BCUT2D eigenvalue weighted by Gasteiger charge is -2.06. The molecule has 2 N–H and O–H groups in total. The fourth-order valence-corrected chi connectivity index (χ4v) is 2.00. The Bertz CT molecular complexity index is 777. The number of amides is 1. The molecule has 3 aromatic rings. The van der Waals surface area contributed by atoms with Crippen LogP contribution in [0.15, 0.2) is 60.9 Å². The second kappa shape index (κ2) is 7.77. The van der Waals surface area contributed by atoms with Crippen LogP contribution < -0.4 is 10.6 Å². The number of rotatable bonds is 6. The Balaban J connectivity index is 1.53. The molecule has 0 atom stereocenters. The molecule has 3 rings (SSSR count). The maximum Gasteiger partial charge on any atom is 0.272 e. The van der Waals surface area contributed by atoms with Crippen molar-refractivity contribution in [2.75, 3.05) is 5.32 Å². The van der Waals surface area contributed by atoms with Gasteiger partial charge in [-0.2, -0.15) is 0 Å². The largest absolute Gasteiger partial charge is 0.363 e. The molecule has 0 bridgehead atoms. The molecular formula is C17H16N6O. The molecule has 0 radical (unpaired) electrons. The topological polar surface area (TPSA) is 92.7 Å². The van der Waals surface area contributed by atoms with E-state index < -0.39 is 0 Å². The normalized spacial score (nSPS) is 10.2. The van der Waals surface area contributed by atoms with E-state index in [1.165, 1.54) is 0 Å². The molecular weight excluding hydrogens is 304 g/mol. The zero-order valence-corrected chi connectivity index (χ0v) is 12.9. The number of nitrogens with one attached hydrogen (secondary N) is 2. The van der Waals surface area contributed by atoms with Crippen molar-refractivity contribution in [2.45, 2.75) is 13.1 Å². The molecule has 0 fully saturated rings. The van der Waals surface area contributed by atoms with Crippen molar-refractivity contribution < 1.29 is 4.79 Å². The predicted octanol–water partition coefficient (Wildman–Crippen LogP) is 1.81. The Kier molecular flexibility index (Phi) is 5.03. The first-order valence-corrected chi connectivity index (χ1v) is 7.47. The van der Waals surface area contributed by atoms with E-state index in [0.29, 0.717) is 18.9 Å². The van der Waals surface area contributed by atoms with Gasteiger partial charge in [0.15, 0.2) is 5.69 Å². The highest BCUT2D eigenvalue weighted by Gasteiger charge is 2.08. The summed E-state index contributed by atoms with van der Waals surface area (Å²) in [5.41, 5.74) is 1.94. The first kappa shape index (κ1) is 15.5. The molecule has 7 nitrogen and oxygen atoms in total. The third-order valence-corrected chi connectivity index (χ3v) is 3.23. The third-order valence-electron chi connectivity index (χ3n) is 3.23. The van der Waals surface area contributed by atoms with E-state index in [2.05, 4.69) is 30.8 Å². The molecule has 1 amide bonds. The molecule has 7 heteroatoms. The lowest BCUT2D eigenvalue weighted by molar-refractivity contribution is 0.0944. The number of aromatic nitrogens is 4.